The lowest BCUT2D eigenvalue weighted by molar-refractivity contribution is -0.384. The van der Waals surface area contributed by atoms with Crippen LogP contribution in [0, 0.1) is 22.5 Å². The first-order valence-corrected chi connectivity index (χ1v) is 9.47. The molecule has 1 saturated heterocycles. The Hall–Kier alpha value is -3.77. The Bertz CT molecular complexity index is 1070. The molecule has 152 valence electrons. The zero-order valence-corrected chi connectivity index (χ0v) is 16.7. The van der Waals surface area contributed by atoms with Gasteiger partial charge in [-0.3, -0.25) is 24.6 Å². The van der Waals surface area contributed by atoms with Crippen molar-refractivity contribution in [2.45, 2.75) is 6.54 Å². The number of nitro benzene ring substituents is 1. The molecule has 9 heteroatoms. The number of thioether (sulfide) groups is 1. The van der Waals surface area contributed by atoms with Crippen molar-refractivity contribution in [3.63, 3.8) is 0 Å². The normalized spacial score (nSPS) is 14.7. The number of carbonyl (C=O) groups is 2. The molecule has 1 aliphatic heterocycles. The SMILES string of the molecule is C#CCOc1ccc(/C=C2\SC(=O)N(Cc3ccc([N+](=O)[O-])cc3)C2=O)cc1OC. The number of ether oxygens (including phenoxy) is 2. The fraction of sp³-hybridized carbons (Fsp3) is 0.143. The van der Waals surface area contributed by atoms with Gasteiger partial charge in [-0.2, -0.15) is 0 Å². The number of benzene rings is 2. The van der Waals surface area contributed by atoms with E-state index in [1.165, 1.54) is 31.4 Å². The van der Waals surface area contributed by atoms with Gasteiger partial charge >= 0.3 is 0 Å². The van der Waals surface area contributed by atoms with E-state index < -0.39 is 16.1 Å². The van der Waals surface area contributed by atoms with E-state index in [1.54, 1.807) is 24.3 Å². The van der Waals surface area contributed by atoms with Gasteiger partial charge in [0.25, 0.3) is 16.8 Å². The van der Waals surface area contributed by atoms with E-state index in [4.69, 9.17) is 15.9 Å². The van der Waals surface area contributed by atoms with Gasteiger partial charge in [-0.05, 0) is 41.1 Å². The summed E-state index contributed by atoms with van der Waals surface area (Å²) in [5, 5.41) is 10.3. The summed E-state index contributed by atoms with van der Waals surface area (Å²) in [6, 6.07) is 10.8. The molecular formula is C21H16N2O6S. The number of amides is 2. The van der Waals surface area contributed by atoms with Crippen LogP contribution in [0.2, 0.25) is 0 Å². The molecule has 1 heterocycles. The van der Waals surface area contributed by atoms with Crippen molar-refractivity contribution >= 4 is 34.7 Å². The van der Waals surface area contributed by atoms with Crippen LogP contribution in [-0.4, -0.2) is 34.7 Å². The van der Waals surface area contributed by atoms with E-state index in [0.717, 1.165) is 16.7 Å². The van der Waals surface area contributed by atoms with Crippen molar-refractivity contribution < 1.29 is 24.0 Å². The minimum absolute atomic E-state index is 0.0299. The predicted octanol–water partition coefficient (Wildman–Crippen LogP) is 3.85. The number of terminal acetylenes is 1. The topological polar surface area (TPSA) is 99.0 Å². The van der Waals surface area contributed by atoms with Crippen LogP contribution in [0.3, 0.4) is 0 Å². The molecule has 0 radical (unpaired) electrons. The lowest BCUT2D eigenvalue weighted by atomic mass is 10.1. The van der Waals surface area contributed by atoms with Gasteiger partial charge in [-0.1, -0.05) is 24.1 Å². The summed E-state index contributed by atoms with van der Waals surface area (Å²) in [5.41, 5.74) is 1.21. The van der Waals surface area contributed by atoms with E-state index in [1.807, 2.05) is 0 Å². The Kier molecular flexibility index (Phi) is 6.39. The Morgan fingerprint density at radius 2 is 1.93 bits per heavy atom. The maximum atomic E-state index is 12.7. The fourth-order valence-electron chi connectivity index (χ4n) is 2.71. The minimum Gasteiger partial charge on any atom is -0.493 e. The van der Waals surface area contributed by atoms with Gasteiger partial charge in [0.05, 0.1) is 23.5 Å². The van der Waals surface area contributed by atoms with E-state index >= 15 is 0 Å². The van der Waals surface area contributed by atoms with Crippen LogP contribution in [-0.2, 0) is 11.3 Å². The quantitative estimate of drug-likeness (QED) is 0.288. The van der Waals surface area contributed by atoms with Crippen LogP contribution in [0.5, 0.6) is 11.5 Å². The lowest BCUT2D eigenvalue weighted by Gasteiger charge is -2.12. The molecule has 0 saturated carbocycles. The summed E-state index contributed by atoms with van der Waals surface area (Å²) in [6.07, 6.45) is 6.78. The molecule has 0 aromatic heterocycles. The molecule has 3 rings (SSSR count). The molecular weight excluding hydrogens is 408 g/mol. The number of hydrogen-bond acceptors (Lipinski definition) is 7. The summed E-state index contributed by atoms with van der Waals surface area (Å²) in [4.78, 5) is 36.6. The first-order chi connectivity index (χ1) is 14.4. The number of hydrogen-bond donors (Lipinski definition) is 0. The number of rotatable bonds is 7. The van der Waals surface area contributed by atoms with Crippen LogP contribution in [0.15, 0.2) is 47.4 Å². The first kappa shape index (κ1) is 21.0. The largest absolute Gasteiger partial charge is 0.493 e. The molecule has 1 fully saturated rings. The van der Waals surface area contributed by atoms with Gasteiger partial charge in [0, 0.05) is 12.1 Å². The molecule has 0 bridgehead atoms. The van der Waals surface area contributed by atoms with E-state index in [0.29, 0.717) is 22.6 Å². The standard InChI is InChI=1S/C21H16N2O6S/c1-3-10-29-17-9-6-15(11-18(17)28-2)12-19-20(24)22(21(25)30-19)13-14-4-7-16(8-5-14)23(26)27/h1,4-9,11-12H,10,13H2,2H3/b19-12-. The van der Waals surface area contributed by atoms with E-state index in [-0.39, 0.29) is 23.7 Å². The van der Waals surface area contributed by atoms with Crippen molar-refractivity contribution in [1.82, 2.24) is 4.90 Å². The molecule has 0 unspecified atom stereocenters. The minimum atomic E-state index is -0.510. The third-order valence-corrected chi connectivity index (χ3v) is 5.07. The van der Waals surface area contributed by atoms with E-state index in [9.17, 15) is 19.7 Å². The van der Waals surface area contributed by atoms with Crippen molar-refractivity contribution in [3.8, 4) is 23.8 Å². The second-order valence-electron chi connectivity index (χ2n) is 6.09. The van der Waals surface area contributed by atoms with Crippen LogP contribution in [0.25, 0.3) is 6.08 Å². The molecule has 2 amide bonds. The van der Waals surface area contributed by atoms with Crippen molar-refractivity contribution in [2.75, 3.05) is 13.7 Å². The van der Waals surface area contributed by atoms with Crippen molar-refractivity contribution in [2.24, 2.45) is 0 Å². The smallest absolute Gasteiger partial charge is 0.293 e. The summed E-state index contributed by atoms with van der Waals surface area (Å²) in [5.74, 6) is 2.86. The number of imide groups is 1. The van der Waals surface area contributed by atoms with Crippen LogP contribution >= 0.6 is 11.8 Å². The maximum absolute atomic E-state index is 12.7. The average Bonchev–Trinajstić information content (AvgIpc) is 3.00. The third-order valence-electron chi connectivity index (χ3n) is 4.16. The van der Waals surface area contributed by atoms with Crippen molar-refractivity contribution in [3.05, 3.63) is 68.6 Å². The molecule has 0 N–H and O–H groups in total. The molecule has 8 nitrogen and oxygen atoms in total. The zero-order valence-electron chi connectivity index (χ0n) is 15.9. The Morgan fingerprint density at radius 3 is 2.57 bits per heavy atom. The summed E-state index contributed by atoms with van der Waals surface area (Å²) in [7, 11) is 1.49. The highest BCUT2D eigenvalue weighted by Crippen LogP contribution is 2.35. The summed E-state index contributed by atoms with van der Waals surface area (Å²) >= 11 is 0.827. The molecule has 2 aromatic rings. The predicted molar refractivity (Wildman–Crippen MR) is 112 cm³/mol. The van der Waals surface area contributed by atoms with Gasteiger partial charge in [0.1, 0.15) is 6.61 Å². The monoisotopic (exact) mass is 424 g/mol. The van der Waals surface area contributed by atoms with E-state index in [2.05, 4.69) is 5.92 Å². The molecule has 30 heavy (non-hydrogen) atoms. The zero-order chi connectivity index (χ0) is 21.7. The second kappa shape index (κ2) is 9.15. The van der Waals surface area contributed by atoms with Crippen molar-refractivity contribution in [1.29, 1.82) is 0 Å². The van der Waals surface area contributed by atoms with Gasteiger partial charge in [-0.25, -0.2) is 0 Å². The number of methoxy groups -OCH3 is 1. The van der Waals surface area contributed by atoms with Gasteiger partial charge in [-0.15, -0.1) is 6.42 Å². The molecule has 2 aromatic carbocycles. The highest BCUT2D eigenvalue weighted by molar-refractivity contribution is 8.18. The Balaban J connectivity index is 1.77. The summed E-state index contributed by atoms with van der Waals surface area (Å²) in [6.45, 7) is 0.124. The third kappa shape index (κ3) is 4.61. The molecule has 0 spiro atoms. The average molecular weight is 424 g/mol. The van der Waals surface area contributed by atoms with Gasteiger partial charge in [0.2, 0.25) is 0 Å². The second-order valence-corrected chi connectivity index (χ2v) is 7.09. The van der Waals surface area contributed by atoms with Gasteiger partial charge in [0.15, 0.2) is 11.5 Å². The molecule has 0 aliphatic carbocycles. The highest BCUT2D eigenvalue weighted by Gasteiger charge is 2.35. The van der Waals surface area contributed by atoms with Gasteiger partial charge < -0.3 is 9.47 Å². The first-order valence-electron chi connectivity index (χ1n) is 8.66. The van der Waals surface area contributed by atoms with Crippen LogP contribution < -0.4 is 9.47 Å². The number of nitro groups is 1. The summed E-state index contributed by atoms with van der Waals surface area (Å²) < 4.78 is 10.7. The lowest BCUT2D eigenvalue weighted by Crippen LogP contribution is -2.27. The van der Waals surface area contributed by atoms with Crippen LogP contribution in [0.4, 0.5) is 10.5 Å². The fourth-order valence-corrected chi connectivity index (χ4v) is 3.54. The maximum Gasteiger partial charge on any atom is 0.293 e. The van der Waals surface area contributed by atoms with Crippen LogP contribution in [0.1, 0.15) is 11.1 Å². The number of carbonyl (C=O) groups excluding carboxylic acids is 2. The number of non-ortho nitro benzene ring substituents is 1. The highest BCUT2D eigenvalue weighted by atomic mass is 32.2. The molecule has 1 aliphatic rings. The number of nitrogens with zero attached hydrogens (tertiary/aromatic N) is 2. The Labute approximate surface area is 176 Å². The Morgan fingerprint density at radius 1 is 1.20 bits per heavy atom. The molecule has 0 atom stereocenters.